The van der Waals surface area contributed by atoms with Gasteiger partial charge in [0.1, 0.15) is 5.60 Å². The fraction of sp³-hybridized carbons (Fsp3) is 0.500. The van der Waals surface area contributed by atoms with Crippen molar-refractivity contribution in [3.05, 3.63) is 29.3 Å². The molecule has 0 aliphatic carbocycles. The first-order valence-electron chi connectivity index (χ1n) is 7.26. The summed E-state index contributed by atoms with van der Waals surface area (Å²) in [5.41, 5.74) is 1.89. The highest BCUT2D eigenvalue weighted by Crippen LogP contribution is 2.25. The predicted molar refractivity (Wildman–Crippen MR) is 81.7 cm³/mol. The Kier molecular flexibility index (Phi) is 4.42. The van der Waals surface area contributed by atoms with Gasteiger partial charge in [0, 0.05) is 20.0 Å². The quantitative estimate of drug-likeness (QED) is 0.640. The highest BCUT2D eigenvalue weighted by molar-refractivity contribution is 5.89. The van der Waals surface area contributed by atoms with Crippen LogP contribution < -0.4 is 5.06 Å². The molecule has 0 saturated carbocycles. The van der Waals surface area contributed by atoms with Gasteiger partial charge >= 0.3 is 6.09 Å². The van der Waals surface area contributed by atoms with Gasteiger partial charge in [0.25, 0.3) is 0 Å². The number of hydroxylamine groups is 1. The first-order valence-corrected chi connectivity index (χ1v) is 7.26. The van der Waals surface area contributed by atoms with Crippen molar-refractivity contribution in [1.82, 2.24) is 4.90 Å². The van der Waals surface area contributed by atoms with Gasteiger partial charge in [-0.25, -0.2) is 4.79 Å². The second-order valence-electron chi connectivity index (χ2n) is 6.44. The summed E-state index contributed by atoms with van der Waals surface area (Å²) in [5, 5.41) is 10.3. The fourth-order valence-electron chi connectivity index (χ4n) is 2.34. The van der Waals surface area contributed by atoms with Crippen LogP contribution in [-0.2, 0) is 22.5 Å². The molecule has 6 nitrogen and oxygen atoms in total. The summed E-state index contributed by atoms with van der Waals surface area (Å²) < 4.78 is 5.38. The van der Waals surface area contributed by atoms with E-state index in [9.17, 15) is 14.8 Å². The van der Waals surface area contributed by atoms with E-state index in [4.69, 9.17) is 4.74 Å². The van der Waals surface area contributed by atoms with Crippen LogP contribution >= 0.6 is 0 Å². The van der Waals surface area contributed by atoms with Crippen LogP contribution in [0.2, 0.25) is 0 Å². The SMILES string of the molecule is CC(=O)N(O)c1ccc2c(c1)CN(C(=O)OC(C)(C)C)CC2. The normalized spacial score (nSPS) is 14.3. The van der Waals surface area contributed by atoms with Crippen molar-refractivity contribution < 1.29 is 19.5 Å². The van der Waals surface area contributed by atoms with Crippen molar-refractivity contribution in [3.63, 3.8) is 0 Å². The minimum absolute atomic E-state index is 0.351. The van der Waals surface area contributed by atoms with E-state index >= 15 is 0 Å². The topological polar surface area (TPSA) is 70.1 Å². The molecule has 1 aromatic carbocycles. The third-order valence-corrected chi connectivity index (χ3v) is 3.40. The standard InChI is InChI=1S/C16H22N2O4/c1-11(19)18(21)14-6-5-12-7-8-17(10-13(12)9-14)15(20)22-16(2,3)4/h5-6,9,21H,7-8,10H2,1-4H3. The molecule has 2 rings (SSSR count). The summed E-state index contributed by atoms with van der Waals surface area (Å²) in [4.78, 5) is 25.0. The first-order chi connectivity index (χ1) is 10.2. The van der Waals surface area contributed by atoms with Gasteiger partial charge < -0.3 is 9.64 Å². The number of anilines is 1. The van der Waals surface area contributed by atoms with Crippen LogP contribution in [0.4, 0.5) is 10.5 Å². The van der Waals surface area contributed by atoms with Gasteiger partial charge in [-0.1, -0.05) is 6.07 Å². The zero-order valence-corrected chi connectivity index (χ0v) is 13.4. The maximum absolute atomic E-state index is 12.1. The number of ether oxygens (including phenoxy) is 1. The highest BCUT2D eigenvalue weighted by Gasteiger charge is 2.26. The maximum atomic E-state index is 12.1. The van der Waals surface area contributed by atoms with E-state index in [2.05, 4.69) is 0 Å². The van der Waals surface area contributed by atoms with Gasteiger partial charge in [0.05, 0.1) is 5.69 Å². The molecule has 0 spiro atoms. The van der Waals surface area contributed by atoms with Crippen molar-refractivity contribution in [2.75, 3.05) is 11.6 Å². The Morgan fingerprint density at radius 3 is 2.55 bits per heavy atom. The van der Waals surface area contributed by atoms with Crippen molar-refractivity contribution >= 4 is 17.7 Å². The van der Waals surface area contributed by atoms with Crippen LogP contribution in [-0.4, -0.2) is 34.3 Å². The lowest BCUT2D eigenvalue weighted by atomic mass is 9.99. The molecule has 0 aromatic heterocycles. The molecule has 1 aliphatic heterocycles. The van der Waals surface area contributed by atoms with Crippen LogP contribution in [0.25, 0.3) is 0 Å². The van der Waals surface area contributed by atoms with E-state index in [1.54, 1.807) is 17.0 Å². The van der Waals surface area contributed by atoms with E-state index in [0.29, 0.717) is 23.8 Å². The molecule has 0 saturated heterocycles. The number of fused-ring (bicyclic) bond motifs is 1. The maximum Gasteiger partial charge on any atom is 0.410 e. The Balaban J connectivity index is 2.16. The summed E-state index contributed by atoms with van der Waals surface area (Å²) in [6.45, 7) is 7.78. The molecule has 0 atom stereocenters. The number of carbonyl (C=O) groups excluding carboxylic acids is 2. The Morgan fingerprint density at radius 1 is 1.27 bits per heavy atom. The largest absolute Gasteiger partial charge is 0.444 e. The number of amides is 2. The third-order valence-electron chi connectivity index (χ3n) is 3.40. The van der Waals surface area contributed by atoms with Crippen LogP contribution in [0.5, 0.6) is 0 Å². The smallest absolute Gasteiger partial charge is 0.410 e. The summed E-state index contributed by atoms with van der Waals surface area (Å²) in [5.74, 6) is -0.459. The van der Waals surface area contributed by atoms with Crippen molar-refractivity contribution in [1.29, 1.82) is 0 Å². The van der Waals surface area contributed by atoms with Crippen molar-refractivity contribution in [2.24, 2.45) is 0 Å². The molecule has 2 amide bonds. The first kappa shape index (κ1) is 16.3. The molecule has 0 radical (unpaired) electrons. The number of rotatable bonds is 1. The van der Waals surface area contributed by atoms with Gasteiger partial charge in [-0.2, -0.15) is 5.06 Å². The lowest BCUT2D eigenvalue weighted by Gasteiger charge is -2.31. The van der Waals surface area contributed by atoms with Gasteiger partial charge in [-0.05, 0) is 50.5 Å². The summed E-state index contributed by atoms with van der Waals surface area (Å²) in [6.07, 6.45) is 0.372. The number of carbonyl (C=O) groups is 2. The molecule has 0 unspecified atom stereocenters. The van der Waals surface area contributed by atoms with Gasteiger partial charge in [0.2, 0.25) is 5.91 Å². The van der Waals surface area contributed by atoms with E-state index in [0.717, 1.165) is 17.5 Å². The minimum Gasteiger partial charge on any atom is -0.444 e. The van der Waals surface area contributed by atoms with Crippen LogP contribution in [0.1, 0.15) is 38.8 Å². The van der Waals surface area contributed by atoms with Crippen LogP contribution in [0.15, 0.2) is 18.2 Å². The van der Waals surface area contributed by atoms with E-state index in [1.165, 1.54) is 6.92 Å². The monoisotopic (exact) mass is 306 g/mol. The zero-order valence-electron chi connectivity index (χ0n) is 13.4. The summed E-state index contributed by atoms with van der Waals surface area (Å²) in [7, 11) is 0. The molecule has 120 valence electrons. The second-order valence-corrected chi connectivity index (χ2v) is 6.44. The second kappa shape index (κ2) is 5.96. The molecule has 1 aromatic rings. The lowest BCUT2D eigenvalue weighted by molar-refractivity contribution is -0.121. The van der Waals surface area contributed by atoms with Gasteiger partial charge in [0.15, 0.2) is 0 Å². The molecule has 0 fully saturated rings. The molecule has 1 N–H and O–H groups in total. The fourth-order valence-corrected chi connectivity index (χ4v) is 2.34. The Morgan fingerprint density at radius 2 is 1.95 bits per heavy atom. The van der Waals surface area contributed by atoms with Crippen LogP contribution in [0.3, 0.4) is 0 Å². The van der Waals surface area contributed by atoms with Gasteiger partial charge in [-0.3, -0.25) is 10.0 Å². The number of hydrogen-bond donors (Lipinski definition) is 1. The Labute approximate surface area is 130 Å². The summed E-state index contributed by atoms with van der Waals surface area (Å²) >= 11 is 0. The number of nitrogens with zero attached hydrogens (tertiary/aromatic N) is 2. The molecular weight excluding hydrogens is 284 g/mol. The number of hydrogen-bond acceptors (Lipinski definition) is 4. The molecule has 6 heteroatoms. The molecular formula is C16H22N2O4. The molecule has 1 heterocycles. The number of benzene rings is 1. The van der Waals surface area contributed by atoms with Gasteiger partial charge in [-0.15, -0.1) is 0 Å². The lowest BCUT2D eigenvalue weighted by Crippen LogP contribution is -2.40. The summed E-state index contributed by atoms with van der Waals surface area (Å²) in [6, 6.07) is 5.31. The Bertz CT molecular complexity index is 592. The Hall–Kier alpha value is -2.08. The molecule has 1 aliphatic rings. The molecule has 22 heavy (non-hydrogen) atoms. The van der Waals surface area contributed by atoms with E-state index in [-0.39, 0.29) is 6.09 Å². The highest BCUT2D eigenvalue weighted by atomic mass is 16.6. The average molecular weight is 306 g/mol. The van der Waals surface area contributed by atoms with E-state index in [1.807, 2.05) is 26.8 Å². The van der Waals surface area contributed by atoms with Crippen molar-refractivity contribution in [3.8, 4) is 0 Å². The van der Waals surface area contributed by atoms with E-state index < -0.39 is 11.5 Å². The van der Waals surface area contributed by atoms with Crippen molar-refractivity contribution in [2.45, 2.75) is 46.3 Å². The minimum atomic E-state index is -0.532. The predicted octanol–water partition coefficient (Wildman–Crippen LogP) is 2.72. The van der Waals surface area contributed by atoms with Crippen LogP contribution in [0, 0.1) is 0 Å². The third kappa shape index (κ3) is 3.76. The molecule has 0 bridgehead atoms. The average Bonchev–Trinajstić information content (AvgIpc) is 2.43. The zero-order chi connectivity index (χ0) is 16.5.